The molecule has 1 rings (SSSR count). The fourth-order valence-electron chi connectivity index (χ4n) is 3.10. The molecule has 0 heterocycles. The summed E-state index contributed by atoms with van der Waals surface area (Å²) in [5, 5.41) is 0. The van der Waals surface area contributed by atoms with Gasteiger partial charge in [0.2, 0.25) is 0 Å². The highest BCUT2D eigenvalue weighted by Gasteiger charge is 2.27. The predicted octanol–water partition coefficient (Wildman–Crippen LogP) is 8.07. The Morgan fingerprint density at radius 3 is 1.96 bits per heavy atom. The summed E-state index contributed by atoms with van der Waals surface area (Å²) in [5.41, 5.74) is 7.25. The third kappa shape index (κ3) is 5.47. The van der Waals surface area contributed by atoms with Crippen LogP contribution in [0.4, 0.5) is 0 Å². The van der Waals surface area contributed by atoms with E-state index in [4.69, 9.17) is 0 Å². The first-order chi connectivity index (χ1) is 11.7. The molecule has 0 nitrogen and oxygen atoms in total. The summed E-state index contributed by atoms with van der Waals surface area (Å²) in [7, 11) is 0. The van der Waals surface area contributed by atoms with Gasteiger partial charge in [-0.1, -0.05) is 103 Å². The lowest BCUT2D eigenvalue weighted by molar-refractivity contribution is 0.513. The van der Waals surface area contributed by atoms with E-state index in [-0.39, 0.29) is 16.2 Å². The van der Waals surface area contributed by atoms with Gasteiger partial charge in [0.15, 0.2) is 0 Å². The molecule has 144 valence electrons. The van der Waals surface area contributed by atoms with E-state index in [9.17, 15) is 0 Å². The molecule has 0 aliphatic heterocycles. The van der Waals surface area contributed by atoms with Crippen LogP contribution in [0.25, 0.3) is 0 Å². The summed E-state index contributed by atoms with van der Waals surface area (Å²) in [4.78, 5) is 0. The van der Waals surface area contributed by atoms with Crippen molar-refractivity contribution in [1.29, 1.82) is 0 Å². The molecule has 0 amide bonds. The molecule has 0 bridgehead atoms. The summed E-state index contributed by atoms with van der Waals surface area (Å²) >= 11 is 0. The maximum Gasteiger partial charge on any atom is 0.0108 e. The molecule has 1 aromatic rings. The Hall–Kier alpha value is -1.56. The van der Waals surface area contributed by atoms with Gasteiger partial charge >= 0.3 is 0 Å². The van der Waals surface area contributed by atoms with E-state index < -0.39 is 0 Å². The molecule has 0 unspecified atom stereocenters. The Labute approximate surface area is 163 Å². The van der Waals surface area contributed by atoms with Crippen molar-refractivity contribution < 1.29 is 0 Å². The number of hydrogen-bond donors (Lipinski definition) is 0. The zero-order valence-electron chi connectivity index (χ0n) is 19.0. The van der Waals surface area contributed by atoms with E-state index in [2.05, 4.69) is 119 Å². The van der Waals surface area contributed by atoms with E-state index in [0.717, 1.165) is 0 Å². The van der Waals surface area contributed by atoms with Gasteiger partial charge in [0.05, 0.1) is 0 Å². The molecule has 0 aliphatic rings. The SMILES string of the molecule is C/C=C/C=C(\C=C(/C)C(C)(C)c1cc(C(C)(C)C)ccc1C)C(C)(C)C. The lowest BCUT2D eigenvalue weighted by Gasteiger charge is -2.32. The standard InChI is InChI=1S/C26H40/c1-12-13-14-21(24(4,5)6)17-20(3)26(10,11)23-18-22(25(7,8)9)16-15-19(23)2/h12-18H,1-11H3/b13-12+,20-17+,21-14+. The van der Waals surface area contributed by atoms with E-state index in [1.165, 1.54) is 27.8 Å². The van der Waals surface area contributed by atoms with E-state index in [1.807, 2.05) is 0 Å². The molecule has 1 aromatic carbocycles. The van der Waals surface area contributed by atoms with Crippen LogP contribution in [-0.4, -0.2) is 0 Å². The maximum absolute atomic E-state index is 2.42. The lowest BCUT2D eigenvalue weighted by atomic mass is 9.72. The first kappa shape index (κ1) is 22.5. The van der Waals surface area contributed by atoms with Crippen molar-refractivity contribution in [2.24, 2.45) is 5.41 Å². The van der Waals surface area contributed by atoms with Gasteiger partial charge in [0.25, 0.3) is 0 Å². The second-order valence-corrected chi connectivity index (χ2v) is 10.1. The largest absolute Gasteiger partial charge is 0.0877 e. The zero-order chi connectivity index (χ0) is 20.3. The topological polar surface area (TPSA) is 0 Å². The molecule has 0 heteroatoms. The van der Waals surface area contributed by atoms with Crippen LogP contribution < -0.4 is 0 Å². The minimum atomic E-state index is -0.00832. The Morgan fingerprint density at radius 1 is 0.923 bits per heavy atom. The summed E-state index contributed by atoms with van der Waals surface area (Å²) in [6, 6.07) is 6.98. The molecule has 0 N–H and O–H groups in total. The van der Waals surface area contributed by atoms with Crippen LogP contribution in [-0.2, 0) is 10.8 Å². The predicted molar refractivity (Wildman–Crippen MR) is 119 cm³/mol. The minimum absolute atomic E-state index is 0.00832. The number of allylic oxidation sites excluding steroid dienone is 6. The molecule has 0 radical (unpaired) electrons. The minimum Gasteiger partial charge on any atom is -0.0877 e. The first-order valence-electron chi connectivity index (χ1n) is 9.85. The highest BCUT2D eigenvalue weighted by Crippen LogP contribution is 2.38. The van der Waals surface area contributed by atoms with Crippen molar-refractivity contribution in [3.8, 4) is 0 Å². The van der Waals surface area contributed by atoms with Gasteiger partial charge in [-0.25, -0.2) is 0 Å². The molecule has 0 aromatic heterocycles. The van der Waals surface area contributed by atoms with Crippen molar-refractivity contribution in [3.05, 3.63) is 70.3 Å². The fraction of sp³-hybridized carbons (Fsp3) is 0.538. The lowest BCUT2D eigenvalue weighted by Crippen LogP contribution is -2.23. The van der Waals surface area contributed by atoms with E-state index >= 15 is 0 Å². The first-order valence-corrected chi connectivity index (χ1v) is 9.85. The van der Waals surface area contributed by atoms with Crippen LogP contribution in [0.2, 0.25) is 0 Å². The average molecular weight is 353 g/mol. The zero-order valence-corrected chi connectivity index (χ0v) is 19.0. The monoisotopic (exact) mass is 352 g/mol. The third-order valence-electron chi connectivity index (χ3n) is 5.47. The normalized spacial score (nSPS) is 15.0. The van der Waals surface area contributed by atoms with Crippen LogP contribution in [0, 0.1) is 12.3 Å². The number of aryl methyl sites for hydroxylation is 1. The Morgan fingerprint density at radius 2 is 1.50 bits per heavy atom. The van der Waals surface area contributed by atoms with Gasteiger partial charge in [0, 0.05) is 5.41 Å². The Balaban J connectivity index is 3.49. The summed E-state index contributed by atoms with van der Waals surface area (Å²) in [6.45, 7) is 25.0. The number of hydrogen-bond acceptors (Lipinski definition) is 0. The smallest absolute Gasteiger partial charge is 0.0108 e. The van der Waals surface area contributed by atoms with Crippen molar-refractivity contribution in [2.45, 2.75) is 87.0 Å². The maximum atomic E-state index is 2.42. The summed E-state index contributed by atoms with van der Waals surface area (Å²) < 4.78 is 0. The second kappa shape index (κ2) is 7.99. The molecule has 26 heavy (non-hydrogen) atoms. The van der Waals surface area contributed by atoms with Gasteiger partial charge in [-0.15, -0.1) is 0 Å². The van der Waals surface area contributed by atoms with Crippen LogP contribution >= 0.6 is 0 Å². The molecule has 0 saturated carbocycles. The quantitative estimate of drug-likeness (QED) is 0.481. The Bertz CT molecular complexity index is 707. The molecule has 0 aliphatic carbocycles. The highest BCUT2D eigenvalue weighted by molar-refractivity contribution is 5.45. The highest BCUT2D eigenvalue weighted by atomic mass is 14.3. The van der Waals surface area contributed by atoms with Crippen LogP contribution in [0.1, 0.15) is 85.9 Å². The van der Waals surface area contributed by atoms with Crippen LogP contribution in [0.3, 0.4) is 0 Å². The fourth-order valence-corrected chi connectivity index (χ4v) is 3.10. The van der Waals surface area contributed by atoms with Crippen LogP contribution in [0.15, 0.2) is 53.6 Å². The third-order valence-corrected chi connectivity index (χ3v) is 5.47. The van der Waals surface area contributed by atoms with Crippen molar-refractivity contribution in [2.75, 3.05) is 0 Å². The second-order valence-electron chi connectivity index (χ2n) is 10.1. The van der Waals surface area contributed by atoms with Gasteiger partial charge < -0.3 is 0 Å². The van der Waals surface area contributed by atoms with E-state index in [0.29, 0.717) is 0 Å². The number of benzene rings is 1. The molecule has 0 fully saturated rings. The number of rotatable bonds is 4. The van der Waals surface area contributed by atoms with Gasteiger partial charge in [0.1, 0.15) is 0 Å². The van der Waals surface area contributed by atoms with Crippen molar-refractivity contribution in [1.82, 2.24) is 0 Å². The van der Waals surface area contributed by atoms with E-state index in [1.54, 1.807) is 0 Å². The van der Waals surface area contributed by atoms with Gasteiger partial charge in [-0.05, 0) is 53.9 Å². The molecule has 0 spiro atoms. The molecule has 0 atom stereocenters. The van der Waals surface area contributed by atoms with Crippen molar-refractivity contribution in [3.63, 3.8) is 0 Å². The molecular formula is C26H40. The van der Waals surface area contributed by atoms with Gasteiger partial charge in [-0.2, -0.15) is 0 Å². The Kier molecular flexibility index (Phi) is 6.91. The molecule has 0 saturated heterocycles. The molecular weight excluding hydrogens is 312 g/mol. The summed E-state index contributed by atoms with van der Waals surface area (Å²) in [6.07, 6.45) is 8.88. The summed E-state index contributed by atoms with van der Waals surface area (Å²) in [5.74, 6) is 0. The van der Waals surface area contributed by atoms with Crippen molar-refractivity contribution >= 4 is 0 Å². The average Bonchev–Trinajstić information content (AvgIpc) is 2.48. The van der Waals surface area contributed by atoms with Gasteiger partial charge in [-0.3, -0.25) is 0 Å². The van der Waals surface area contributed by atoms with Crippen LogP contribution in [0.5, 0.6) is 0 Å².